The first kappa shape index (κ1) is 27.2. The molecule has 4 N–H and O–H groups in total. The molecule has 1 aromatic carbocycles. The normalized spacial score (nSPS) is 15.0. The molecule has 184 valence electrons. The minimum Gasteiger partial charge on any atom is -0.379 e. The van der Waals surface area contributed by atoms with Gasteiger partial charge in [-0.05, 0) is 24.5 Å². The zero-order valence-electron chi connectivity index (χ0n) is 17.6. The van der Waals surface area contributed by atoms with Crippen LogP contribution in [0.25, 0.3) is 0 Å². The van der Waals surface area contributed by atoms with Crippen LogP contribution in [0, 0.1) is 11.3 Å². The maximum atomic E-state index is 13.1. The number of alkyl halides is 3. The Morgan fingerprint density at radius 2 is 2.06 bits per heavy atom. The molecule has 1 atom stereocenters. The van der Waals surface area contributed by atoms with Crippen LogP contribution in [0.4, 0.5) is 30.6 Å². The fourth-order valence-corrected chi connectivity index (χ4v) is 3.74. The van der Waals surface area contributed by atoms with Crippen molar-refractivity contribution in [3.05, 3.63) is 35.4 Å². The maximum absolute atomic E-state index is 13.1. The number of nitrogens with two attached hydrogens (primary N) is 1. The molecule has 1 aliphatic rings. The van der Waals surface area contributed by atoms with Gasteiger partial charge in [0.15, 0.2) is 5.82 Å². The van der Waals surface area contributed by atoms with Crippen LogP contribution in [0.1, 0.15) is 18.6 Å². The summed E-state index contributed by atoms with van der Waals surface area (Å²) in [7, 11) is 0. The molecule has 1 saturated heterocycles. The Hall–Kier alpha value is -3.08. The number of halogens is 3. The highest BCUT2D eigenvalue weighted by molar-refractivity contribution is 7.98. The summed E-state index contributed by atoms with van der Waals surface area (Å²) in [6, 6.07) is 5.43. The largest absolute Gasteiger partial charge is 0.416 e. The first-order chi connectivity index (χ1) is 15.7. The predicted octanol–water partition coefficient (Wildman–Crippen LogP) is 3.06. The van der Waals surface area contributed by atoms with Crippen molar-refractivity contribution in [3.8, 4) is 6.07 Å². The Balaban J connectivity index is 0.00000408. The van der Waals surface area contributed by atoms with E-state index in [9.17, 15) is 23.2 Å². The third kappa shape index (κ3) is 6.96. The molecule has 0 aliphatic carbocycles. The van der Waals surface area contributed by atoms with Gasteiger partial charge in [-0.25, -0.2) is 4.98 Å². The second-order valence-electron chi connectivity index (χ2n) is 7.10. The lowest BCUT2D eigenvalue weighted by molar-refractivity contribution is -0.137. The van der Waals surface area contributed by atoms with E-state index < -0.39 is 23.7 Å². The summed E-state index contributed by atoms with van der Waals surface area (Å²) in [6.45, 7) is 2.33. The third-order valence-electron chi connectivity index (χ3n) is 4.83. The average Bonchev–Trinajstić information content (AvgIpc) is 2.78. The number of carbonyl (C=O) groups is 1. The SMILES string of the molecule is C.CSc1nc(N)nc(N[C@@H](CN2CCOCC2)C(=O)Nc2cccc(C(F)(F)F)c2)c1C#N. The van der Waals surface area contributed by atoms with Crippen LogP contribution in [0.3, 0.4) is 0 Å². The fourth-order valence-electron chi connectivity index (χ4n) is 3.21. The number of nitrogen functional groups attached to an aromatic ring is 1. The zero-order chi connectivity index (χ0) is 24.0. The van der Waals surface area contributed by atoms with Crippen molar-refractivity contribution in [1.29, 1.82) is 5.26 Å². The fraction of sp³-hybridized carbons (Fsp3) is 0.429. The number of nitrogens with zero attached hydrogens (tertiary/aromatic N) is 4. The Labute approximate surface area is 199 Å². The summed E-state index contributed by atoms with van der Waals surface area (Å²) >= 11 is 1.20. The van der Waals surface area contributed by atoms with Crippen molar-refractivity contribution >= 4 is 35.1 Å². The van der Waals surface area contributed by atoms with Gasteiger partial charge in [0, 0.05) is 25.3 Å². The van der Waals surface area contributed by atoms with E-state index in [1.54, 1.807) is 6.26 Å². The predicted molar refractivity (Wildman–Crippen MR) is 124 cm³/mol. The first-order valence-electron chi connectivity index (χ1n) is 9.87. The van der Waals surface area contributed by atoms with E-state index in [2.05, 4.69) is 20.6 Å². The molecule has 9 nitrogen and oxygen atoms in total. The molecule has 2 heterocycles. The third-order valence-corrected chi connectivity index (χ3v) is 5.51. The molecule has 0 radical (unpaired) electrons. The average molecular weight is 498 g/mol. The Kier molecular flexibility index (Phi) is 9.48. The van der Waals surface area contributed by atoms with Gasteiger partial charge in [0.25, 0.3) is 0 Å². The highest BCUT2D eigenvalue weighted by Gasteiger charge is 2.31. The number of carbonyl (C=O) groups excluding carboxylic acids is 1. The van der Waals surface area contributed by atoms with Crippen molar-refractivity contribution in [2.24, 2.45) is 0 Å². The van der Waals surface area contributed by atoms with Gasteiger partial charge in [0.2, 0.25) is 11.9 Å². The Bertz CT molecular complexity index is 1040. The zero-order valence-corrected chi connectivity index (χ0v) is 18.5. The lowest BCUT2D eigenvalue weighted by atomic mass is 10.1. The quantitative estimate of drug-likeness (QED) is 0.390. The van der Waals surface area contributed by atoms with Crippen LogP contribution in [0.2, 0.25) is 0 Å². The van der Waals surface area contributed by atoms with Gasteiger partial charge in [-0.15, -0.1) is 11.8 Å². The van der Waals surface area contributed by atoms with Crippen molar-refractivity contribution in [3.63, 3.8) is 0 Å². The molecule has 2 aromatic rings. The Morgan fingerprint density at radius 3 is 2.68 bits per heavy atom. The number of hydrogen-bond donors (Lipinski definition) is 3. The number of benzene rings is 1. The molecule has 13 heteroatoms. The van der Waals surface area contributed by atoms with E-state index >= 15 is 0 Å². The number of hydrogen-bond acceptors (Lipinski definition) is 9. The molecule has 1 aromatic heterocycles. The van der Waals surface area contributed by atoms with E-state index in [1.807, 2.05) is 11.0 Å². The van der Waals surface area contributed by atoms with Gasteiger partial charge in [-0.1, -0.05) is 13.5 Å². The van der Waals surface area contributed by atoms with Crippen LogP contribution in [-0.2, 0) is 15.7 Å². The number of aromatic nitrogens is 2. The molecule has 1 fully saturated rings. The minimum atomic E-state index is -4.54. The van der Waals surface area contributed by atoms with Crippen molar-refractivity contribution < 1.29 is 22.7 Å². The maximum Gasteiger partial charge on any atom is 0.416 e. The number of nitrogens with one attached hydrogen (secondary N) is 2. The monoisotopic (exact) mass is 497 g/mol. The molecular formula is C21H26F3N7O2S. The van der Waals surface area contributed by atoms with Gasteiger partial charge in [0.1, 0.15) is 22.7 Å². The smallest absolute Gasteiger partial charge is 0.379 e. The highest BCUT2D eigenvalue weighted by Crippen LogP contribution is 2.31. The van der Waals surface area contributed by atoms with E-state index in [0.717, 1.165) is 12.1 Å². The summed E-state index contributed by atoms with van der Waals surface area (Å²) < 4.78 is 44.5. The van der Waals surface area contributed by atoms with Crippen LogP contribution in [0.15, 0.2) is 29.3 Å². The summed E-state index contributed by atoms with van der Waals surface area (Å²) in [5.41, 5.74) is 5.00. The number of rotatable bonds is 7. The summed E-state index contributed by atoms with van der Waals surface area (Å²) in [5, 5.41) is 15.4. The number of amides is 1. The molecule has 0 bridgehead atoms. The highest BCUT2D eigenvalue weighted by atomic mass is 32.2. The summed E-state index contributed by atoms with van der Waals surface area (Å²) in [5.74, 6) is -0.594. The van der Waals surface area contributed by atoms with Crippen molar-refractivity contribution in [1.82, 2.24) is 14.9 Å². The van der Waals surface area contributed by atoms with Gasteiger partial charge < -0.3 is 21.1 Å². The van der Waals surface area contributed by atoms with Crippen LogP contribution < -0.4 is 16.4 Å². The van der Waals surface area contributed by atoms with E-state index in [-0.39, 0.29) is 37.0 Å². The molecule has 3 rings (SSSR count). The molecule has 0 saturated carbocycles. The first-order valence-corrected chi connectivity index (χ1v) is 11.1. The van der Waals surface area contributed by atoms with Crippen molar-refractivity contribution in [2.75, 3.05) is 55.5 Å². The summed E-state index contributed by atoms with van der Waals surface area (Å²) in [4.78, 5) is 23.2. The van der Waals surface area contributed by atoms with Crippen LogP contribution in [-0.4, -0.2) is 65.9 Å². The second-order valence-corrected chi connectivity index (χ2v) is 7.90. The van der Waals surface area contributed by atoms with Crippen LogP contribution >= 0.6 is 11.8 Å². The number of nitriles is 1. The topological polar surface area (TPSA) is 129 Å². The second kappa shape index (κ2) is 11.9. The molecule has 1 amide bonds. The molecule has 1 aliphatic heterocycles. The number of ether oxygens (including phenoxy) is 1. The van der Waals surface area contributed by atoms with Gasteiger partial charge in [-0.2, -0.15) is 23.4 Å². The van der Waals surface area contributed by atoms with E-state index in [0.29, 0.717) is 31.3 Å². The molecule has 0 unspecified atom stereocenters. The minimum absolute atomic E-state index is 0. The molecule has 0 spiro atoms. The van der Waals surface area contributed by atoms with Crippen LogP contribution in [0.5, 0.6) is 0 Å². The number of morpholine rings is 1. The lowest BCUT2D eigenvalue weighted by Gasteiger charge is -2.30. The number of anilines is 3. The summed E-state index contributed by atoms with van der Waals surface area (Å²) in [6.07, 6.45) is -2.82. The standard InChI is InChI=1S/C20H22F3N7O2S.CH4/c1-33-18-14(10-24)16(28-19(25)29-18)27-15(11-30-5-7-32-8-6-30)17(31)26-13-4-2-3-12(9-13)20(21,22)23;/h2-4,9,15H,5-8,11H2,1H3,(H,26,31)(H3,25,27,28,29);1H4/t15-;/m0./s1. The molecular weight excluding hydrogens is 471 g/mol. The number of thioether (sulfide) groups is 1. The lowest BCUT2D eigenvalue weighted by Crippen LogP contribution is -2.48. The Morgan fingerprint density at radius 1 is 1.35 bits per heavy atom. The van der Waals surface area contributed by atoms with E-state index in [1.165, 1.54) is 23.9 Å². The van der Waals surface area contributed by atoms with Gasteiger partial charge in [0.05, 0.1) is 18.8 Å². The van der Waals surface area contributed by atoms with E-state index in [4.69, 9.17) is 10.5 Å². The van der Waals surface area contributed by atoms with Crippen molar-refractivity contribution in [2.45, 2.75) is 24.7 Å². The van der Waals surface area contributed by atoms with Gasteiger partial charge >= 0.3 is 6.18 Å². The molecule has 34 heavy (non-hydrogen) atoms. The van der Waals surface area contributed by atoms with Gasteiger partial charge in [-0.3, -0.25) is 9.69 Å².